The van der Waals surface area contributed by atoms with E-state index in [9.17, 15) is 9.59 Å². The van der Waals surface area contributed by atoms with Crippen LogP contribution in [0.5, 0.6) is 0 Å². The standard InChI is InChI=1S/C27H33N5O2/c1-18-12-16-28-19(2)23(18)20-8-10-21(11-9-20)30-26(34)24(27(3)14-6-5-7-15-27)31-25(33)22-13-17-29-32(22)4/h8-13,16-17,24H,5-7,14-15H2,1-4H3,(H,30,34)(H,31,33). The summed E-state index contributed by atoms with van der Waals surface area (Å²) >= 11 is 0. The molecule has 1 unspecified atom stereocenters. The van der Waals surface area contributed by atoms with Crippen molar-refractivity contribution in [2.45, 2.75) is 58.9 Å². The summed E-state index contributed by atoms with van der Waals surface area (Å²) in [6.07, 6.45) is 8.47. The van der Waals surface area contributed by atoms with Crippen LogP contribution in [0.25, 0.3) is 11.1 Å². The van der Waals surface area contributed by atoms with Gasteiger partial charge in [0.25, 0.3) is 5.91 Å². The number of nitrogens with zero attached hydrogens (tertiary/aromatic N) is 3. The van der Waals surface area contributed by atoms with Crippen LogP contribution in [-0.4, -0.2) is 32.6 Å². The highest BCUT2D eigenvalue weighted by atomic mass is 16.2. The summed E-state index contributed by atoms with van der Waals surface area (Å²) in [5.41, 5.74) is 5.13. The summed E-state index contributed by atoms with van der Waals surface area (Å²) in [5, 5.41) is 10.2. The second-order valence-corrected chi connectivity index (χ2v) is 9.62. The van der Waals surface area contributed by atoms with Gasteiger partial charge in [0.15, 0.2) is 0 Å². The van der Waals surface area contributed by atoms with Gasteiger partial charge in [-0.2, -0.15) is 5.10 Å². The van der Waals surface area contributed by atoms with Crippen molar-refractivity contribution < 1.29 is 9.59 Å². The zero-order chi connectivity index (χ0) is 24.3. The van der Waals surface area contributed by atoms with Gasteiger partial charge in [-0.25, -0.2) is 0 Å². The van der Waals surface area contributed by atoms with Crippen molar-refractivity contribution in [3.63, 3.8) is 0 Å². The first-order valence-electron chi connectivity index (χ1n) is 11.9. The van der Waals surface area contributed by atoms with Crippen molar-refractivity contribution in [2.24, 2.45) is 12.5 Å². The lowest BCUT2D eigenvalue weighted by Crippen LogP contribution is -2.54. The van der Waals surface area contributed by atoms with Gasteiger partial charge in [-0.1, -0.05) is 38.3 Å². The number of carbonyl (C=O) groups is 2. The Labute approximate surface area is 201 Å². The lowest BCUT2D eigenvalue weighted by atomic mass is 9.70. The van der Waals surface area contributed by atoms with E-state index in [1.54, 1.807) is 19.3 Å². The Morgan fingerprint density at radius 3 is 2.32 bits per heavy atom. The highest BCUT2D eigenvalue weighted by Gasteiger charge is 2.41. The number of aryl methyl sites for hydroxylation is 3. The maximum absolute atomic E-state index is 13.5. The Morgan fingerprint density at radius 2 is 1.71 bits per heavy atom. The number of aromatic nitrogens is 3. The van der Waals surface area contributed by atoms with Crippen molar-refractivity contribution in [1.82, 2.24) is 20.1 Å². The second kappa shape index (κ2) is 9.79. The summed E-state index contributed by atoms with van der Waals surface area (Å²) in [4.78, 5) is 30.9. The van der Waals surface area contributed by atoms with Crippen molar-refractivity contribution in [3.05, 3.63) is 65.7 Å². The van der Waals surface area contributed by atoms with E-state index in [-0.39, 0.29) is 17.2 Å². The van der Waals surface area contributed by atoms with Gasteiger partial charge in [0, 0.05) is 36.4 Å². The van der Waals surface area contributed by atoms with E-state index in [2.05, 4.69) is 34.6 Å². The van der Waals surface area contributed by atoms with Gasteiger partial charge in [0.05, 0.1) is 0 Å². The average Bonchev–Trinajstić information content (AvgIpc) is 3.24. The molecule has 1 fully saturated rings. The van der Waals surface area contributed by atoms with Gasteiger partial charge in [0.2, 0.25) is 5.91 Å². The predicted octanol–water partition coefficient (Wildman–Crippen LogP) is 4.81. The van der Waals surface area contributed by atoms with E-state index in [0.717, 1.165) is 54.5 Å². The number of hydrogen-bond donors (Lipinski definition) is 2. The maximum Gasteiger partial charge on any atom is 0.270 e. The molecule has 1 aromatic carbocycles. The Morgan fingerprint density at radius 1 is 1.00 bits per heavy atom. The minimum Gasteiger partial charge on any atom is -0.338 e. The van der Waals surface area contributed by atoms with Gasteiger partial charge in [-0.3, -0.25) is 19.3 Å². The molecule has 4 rings (SSSR count). The first-order chi connectivity index (χ1) is 16.3. The molecular formula is C27H33N5O2. The number of benzene rings is 1. The Bertz CT molecular complexity index is 1160. The predicted molar refractivity (Wildman–Crippen MR) is 133 cm³/mol. The minimum atomic E-state index is -0.641. The van der Waals surface area contributed by atoms with Gasteiger partial charge in [0.1, 0.15) is 11.7 Å². The molecule has 0 bridgehead atoms. The third-order valence-corrected chi connectivity index (χ3v) is 7.07. The van der Waals surface area contributed by atoms with Gasteiger partial charge in [-0.05, 0) is 67.5 Å². The molecule has 2 N–H and O–H groups in total. The number of hydrogen-bond acceptors (Lipinski definition) is 4. The molecule has 1 atom stereocenters. The smallest absolute Gasteiger partial charge is 0.270 e. The number of rotatable bonds is 6. The van der Waals surface area contributed by atoms with E-state index in [4.69, 9.17) is 0 Å². The van der Waals surface area contributed by atoms with E-state index in [0.29, 0.717) is 11.4 Å². The quantitative estimate of drug-likeness (QED) is 0.554. The number of nitrogens with one attached hydrogen (secondary N) is 2. The summed E-state index contributed by atoms with van der Waals surface area (Å²) in [6.45, 7) is 6.18. The molecule has 0 saturated heterocycles. The molecule has 3 aromatic rings. The van der Waals surface area contributed by atoms with E-state index >= 15 is 0 Å². The van der Waals surface area contributed by atoms with Crippen LogP contribution < -0.4 is 10.6 Å². The number of pyridine rings is 1. The highest BCUT2D eigenvalue weighted by Crippen LogP contribution is 2.39. The van der Waals surface area contributed by atoms with Gasteiger partial charge >= 0.3 is 0 Å². The van der Waals surface area contributed by atoms with Crippen LogP contribution in [-0.2, 0) is 11.8 Å². The van der Waals surface area contributed by atoms with Crippen molar-refractivity contribution in [1.29, 1.82) is 0 Å². The van der Waals surface area contributed by atoms with Gasteiger partial charge in [-0.15, -0.1) is 0 Å². The molecule has 2 amide bonds. The highest BCUT2D eigenvalue weighted by molar-refractivity contribution is 6.01. The third-order valence-electron chi connectivity index (χ3n) is 7.07. The Hall–Kier alpha value is -3.48. The fraction of sp³-hybridized carbons (Fsp3) is 0.407. The van der Waals surface area contributed by atoms with Crippen LogP contribution in [0.2, 0.25) is 0 Å². The normalized spacial score (nSPS) is 16.0. The first kappa shape index (κ1) is 23.7. The van der Waals surface area contributed by atoms with Gasteiger partial charge < -0.3 is 10.6 Å². The van der Waals surface area contributed by atoms with Crippen molar-refractivity contribution in [2.75, 3.05) is 5.32 Å². The number of carbonyl (C=O) groups excluding carboxylic acids is 2. The van der Waals surface area contributed by atoms with Crippen LogP contribution in [0.15, 0.2) is 48.8 Å². The van der Waals surface area contributed by atoms with E-state index < -0.39 is 6.04 Å². The molecule has 34 heavy (non-hydrogen) atoms. The second-order valence-electron chi connectivity index (χ2n) is 9.62. The first-order valence-corrected chi connectivity index (χ1v) is 11.9. The molecule has 0 radical (unpaired) electrons. The minimum absolute atomic E-state index is 0.193. The Kier molecular flexibility index (Phi) is 6.82. The summed E-state index contributed by atoms with van der Waals surface area (Å²) in [6, 6.07) is 10.8. The monoisotopic (exact) mass is 459 g/mol. The lowest BCUT2D eigenvalue weighted by molar-refractivity contribution is -0.121. The lowest BCUT2D eigenvalue weighted by Gasteiger charge is -2.40. The number of anilines is 1. The summed E-state index contributed by atoms with van der Waals surface area (Å²) < 4.78 is 1.52. The molecule has 178 valence electrons. The summed E-state index contributed by atoms with van der Waals surface area (Å²) in [5.74, 6) is -0.480. The van der Waals surface area contributed by atoms with Crippen LogP contribution in [0.1, 0.15) is 60.8 Å². The summed E-state index contributed by atoms with van der Waals surface area (Å²) in [7, 11) is 1.72. The van der Waals surface area contributed by atoms with Crippen molar-refractivity contribution in [3.8, 4) is 11.1 Å². The van der Waals surface area contributed by atoms with Crippen LogP contribution >= 0.6 is 0 Å². The third kappa shape index (κ3) is 4.88. The zero-order valence-electron chi connectivity index (χ0n) is 20.4. The fourth-order valence-electron chi connectivity index (χ4n) is 5.07. The van der Waals surface area contributed by atoms with E-state index in [1.807, 2.05) is 43.5 Å². The van der Waals surface area contributed by atoms with E-state index in [1.165, 1.54) is 4.68 Å². The maximum atomic E-state index is 13.5. The molecule has 1 aliphatic rings. The molecular weight excluding hydrogens is 426 g/mol. The molecule has 1 saturated carbocycles. The van der Waals surface area contributed by atoms with Crippen molar-refractivity contribution >= 4 is 17.5 Å². The number of amides is 2. The molecule has 7 nitrogen and oxygen atoms in total. The molecule has 0 spiro atoms. The zero-order valence-corrected chi connectivity index (χ0v) is 20.4. The SMILES string of the molecule is Cc1ccnc(C)c1-c1ccc(NC(=O)C(NC(=O)c2ccnn2C)C2(C)CCCCC2)cc1. The molecule has 2 heterocycles. The van der Waals surface area contributed by atoms with Crippen LogP contribution in [0, 0.1) is 19.3 Å². The molecule has 1 aliphatic carbocycles. The molecule has 7 heteroatoms. The average molecular weight is 460 g/mol. The Balaban J connectivity index is 1.55. The van der Waals surface area contributed by atoms with Crippen LogP contribution in [0.4, 0.5) is 5.69 Å². The molecule has 2 aromatic heterocycles. The molecule has 0 aliphatic heterocycles. The fourth-order valence-corrected chi connectivity index (χ4v) is 5.07. The topological polar surface area (TPSA) is 88.9 Å². The largest absolute Gasteiger partial charge is 0.338 e. The van der Waals surface area contributed by atoms with Crippen LogP contribution in [0.3, 0.4) is 0 Å².